The van der Waals surface area contributed by atoms with Crippen LogP contribution in [-0.2, 0) is 4.79 Å². The van der Waals surface area contributed by atoms with Gasteiger partial charge in [0.1, 0.15) is 34.4 Å². The molecule has 0 aliphatic carbocycles. The molecule has 4 aromatic rings. The van der Waals surface area contributed by atoms with Gasteiger partial charge in [-0.15, -0.1) is 0 Å². The van der Waals surface area contributed by atoms with E-state index >= 15 is 0 Å². The first-order valence-corrected chi connectivity index (χ1v) is 11.3. The molecule has 2 aromatic carbocycles. The number of halogens is 2. The van der Waals surface area contributed by atoms with Crippen molar-refractivity contribution in [2.75, 3.05) is 12.4 Å². The minimum Gasteiger partial charge on any atom is -0.497 e. The summed E-state index contributed by atoms with van der Waals surface area (Å²) in [4.78, 5) is 30.8. The minimum atomic E-state index is -0.716. The molecule has 0 saturated carbocycles. The summed E-state index contributed by atoms with van der Waals surface area (Å²) in [5, 5.41) is 12.9. The smallest absolute Gasteiger partial charge is 0.269 e. The molecule has 2 aromatic heterocycles. The van der Waals surface area contributed by atoms with Crippen LogP contribution in [0.25, 0.3) is 11.7 Å². The Kier molecular flexibility index (Phi) is 7.25. The molecule has 0 radical (unpaired) electrons. The fourth-order valence-electron chi connectivity index (χ4n) is 3.32. The van der Waals surface area contributed by atoms with Crippen LogP contribution in [0.3, 0.4) is 0 Å². The van der Waals surface area contributed by atoms with Crippen LogP contribution in [-0.4, -0.2) is 22.4 Å². The Hall–Kier alpha value is -4.32. The van der Waals surface area contributed by atoms with E-state index in [-0.39, 0.29) is 27.8 Å². The second-order valence-electron chi connectivity index (χ2n) is 7.55. The molecular weight excluding hydrogens is 503 g/mol. The Labute approximate surface area is 215 Å². The molecular formula is C26H18Cl2N4O4. The largest absolute Gasteiger partial charge is 0.497 e. The van der Waals surface area contributed by atoms with Gasteiger partial charge in [-0.05, 0) is 67.1 Å². The highest BCUT2D eigenvalue weighted by molar-refractivity contribution is 6.35. The van der Waals surface area contributed by atoms with E-state index in [2.05, 4.69) is 10.3 Å². The first-order chi connectivity index (χ1) is 17.3. The molecule has 0 bridgehead atoms. The number of ether oxygens (including phenoxy) is 2. The molecule has 2 heterocycles. The van der Waals surface area contributed by atoms with Gasteiger partial charge in [0.2, 0.25) is 5.88 Å². The molecule has 36 heavy (non-hydrogen) atoms. The molecule has 0 aliphatic heterocycles. The standard InChI is InChI=1S/C26H18Cl2N4O4/c1-15-4-3-11-32-23(15)31-25(36-22-10-5-17(27)13-21(22)28)20(26(32)34)12-16(14-29)24(33)30-18-6-8-19(35-2)9-7-18/h3-13H,1-2H3,(H,30,33). The van der Waals surface area contributed by atoms with Crippen LogP contribution in [0.15, 0.2) is 71.2 Å². The third kappa shape index (κ3) is 5.18. The van der Waals surface area contributed by atoms with Gasteiger partial charge in [-0.2, -0.15) is 10.2 Å². The van der Waals surface area contributed by atoms with E-state index in [0.29, 0.717) is 22.1 Å². The van der Waals surface area contributed by atoms with Gasteiger partial charge in [0, 0.05) is 16.9 Å². The highest BCUT2D eigenvalue weighted by Crippen LogP contribution is 2.32. The SMILES string of the molecule is COc1ccc(NC(=O)C(C#N)=Cc2c(Oc3ccc(Cl)cc3Cl)nc3c(C)cccn3c2=O)cc1. The number of rotatable bonds is 6. The number of nitriles is 1. The number of anilines is 1. The number of nitrogens with one attached hydrogen (secondary N) is 1. The summed E-state index contributed by atoms with van der Waals surface area (Å²) in [6.45, 7) is 1.79. The van der Waals surface area contributed by atoms with Crippen LogP contribution in [0.2, 0.25) is 10.0 Å². The molecule has 0 fully saturated rings. The van der Waals surface area contributed by atoms with E-state index in [1.54, 1.807) is 49.4 Å². The fourth-order valence-corrected chi connectivity index (χ4v) is 3.77. The van der Waals surface area contributed by atoms with Gasteiger partial charge >= 0.3 is 0 Å². The van der Waals surface area contributed by atoms with Crippen LogP contribution >= 0.6 is 23.2 Å². The van der Waals surface area contributed by atoms with Crippen molar-refractivity contribution in [2.45, 2.75) is 6.92 Å². The van der Waals surface area contributed by atoms with Crippen molar-refractivity contribution in [1.82, 2.24) is 9.38 Å². The lowest BCUT2D eigenvalue weighted by Crippen LogP contribution is -2.20. The number of aromatic nitrogens is 2. The van der Waals surface area contributed by atoms with Crippen molar-refractivity contribution in [3.05, 3.63) is 97.9 Å². The highest BCUT2D eigenvalue weighted by atomic mass is 35.5. The van der Waals surface area contributed by atoms with Crippen LogP contribution in [0, 0.1) is 18.3 Å². The quantitative estimate of drug-likeness (QED) is 0.260. The number of benzene rings is 2. The lowest BCUT2D eigenvalue weighted by molar-refractivity contribution is -0.112. The van der Waals surface area contributed by atoms with Crippen LogP contribution in [0.1, 0.15) is 11.1 Å². The van der Waals surface area contributed by atoms with Crippen LogP contribution < -0.4 is 20.3 Å². The Balaban J connectivity index is 1.81. The van der Waals surface area contributed by atoms with Gasteiger partial charge in [-0.1, -0.05) is 29.3 Å². The lowest BCUT2D eigenvalue weighted by Gasteiger charge is -2.12. The van der Waals surface area contributed by atoms with E-state index in [0.717, 1.165) is 11.6 Å². The number of aryl methyl sites for hydroxylation is 1. The lowest BCUT2D eigenvalue weighted by atomic mass is 10.1. The van der Waals surface area contributed by atoms with E-state index in [1.165, 1.54) is 29.8 Å². The van der Waals surface area contributed by atoms with E-state index in [9.17, 15) is 14.9 Å². The van der Waals surface area contributed by atoms with Gasteiger partial charge in [-0.3, -0.25) is 14.0 Å². The van der Waals surface area contributed by atoms with Gasteiger partial charge in [0.05, 0.1) is 12.1 Å². The fraction of sp³-hybridized carbons (Fsp3) is 0.0769. The second kappa shape index (κ2) is 10.5. The zero-order valence-electron chi connectivity index (χ0n) is 19.1. The Morgan fingerprint density at radius 1 is 1.17 bits per heavy atom. The molecule has 0 atom stereocenters. The summed E-state index contributed by atoms with van der Waals surface area (Å²) in [6, 6.07) is 16.5. The topological polar surface area (TPSA) is 106 Å². The number of amides is 1. The number of nitrogens with zero attached hydrogens (tertiary/aromatic N) is 3. The van der Waals surface area contributed by atoms with Crippen molar-refractivity contribution >= 4 is 46.5 Å². The summed E-state index contributed by atoms with van der Waals surface area (Å²) in [6.07, 6.45) is 2.68. The van der Waals surface area contributed by atoms with Gasteiger partial charge in [0.25, 0.3) is 11.5 Å². The summed E-state index contributed by atoms with van der Waals surface area (Å²) in [5.74, 6) is -0.0330. The van der Waals surface area contributed by atoms with Crippen molar-refractivity contribution in [3.8, 4) is 23.4 Å². The van der Waals surface area contributed by atoms with Crippen LogP contribution in [0.5, 0.6) is 17.4 Å². The third-order valence-electron chi connectivity index (χ3n) is 5.15. The summed E-state index contributed by atoms with van der Waals surface area (Å²) in [7, 11) is 1.53. The molecule has 180 valence electrons. The van der Waals surface area contributed by atoms with Crippen LogP contribution in [0.4, 0.5) is 5.69 Å². The van der Waals surface area contributed by atoms with Gasteiger partial charge in [-0.25, -0.2) is 0 Å². The van der Waals surface area contributed by atoms with Gasteiger partial charge in [0.15, 0.2) is 0 Å². The maximum absolute atomic E-state index is 13.4. The van der Waals surface area contributed by atoms with Gasteiger partial charge < -0.3 is 14.8 Å². The number of pyridine rings is 1. The maximum Gasteiger partial charge on any atom is 0.269 e. The molecule has 0 aliphatic rings. The summed E-state index contributed by atoms with van der Waals surface area (Å²) < 4.78 is 12.3. The molecule has 0 saturated heterocycles. The zero-order valence-corrected chi connectivity index (χ0v) is 20.6. The average Bonchev–Trinajstić information content (AvgIpc) is 2.86. The van der Waals surface area contributed by atoms with E-state index < -0.39 is 11.5 Å². The van der Waals surface area contributed by atoms with Crippen molar-refractivity contribution < 1.29 is 14.3 Å². The van der Waals surface area contributed by atoms with Crippen molar-refractivity contribution in [2.24, 2.45) is 0 Å². The molecule has 4 rings (SSSR count). The molecule has 1 amide bonds. The number of methoxy groups -OCH3 is 1. The molecule has 10 heteroatoms. The third-order valence-corrected chi connectivity index (χ3v) is 5.68. The highest BCUT2D eigenvalue weighted by Gasteiger charge is 2.19. The first-order valence-electron chi connectivity index (χ1n) is 10.5. The van der Waals surface area contributed by atoms with E-state index in [4.69, 9.17) is 32.7 Å². The number of hydrogen-bond acceptors (Lipinski definition) is 6. The van der Waals surface area contributed by atoms with Crippen molar-refractivity contribution in [3.63, 3.8) is 0 Å². The average molecular weight is 521 g/mol. The summed E-state index contributed by atoms with van der Waals surface area (Å²) >= 11 is 12.2. The first kappa shape index (κ1) is 24.8. The van der Waals surface area contributed by atoms with Crippen molar-refractivity contribution in [1.29, 1.82) is 5.26 Å². The Bertz CT molecular complexity index is 1610. The molecule has 1 N–H and O–H groups in total. The normalized spacial score (nSPS) is 11.1. The summed E-state index contributed by atoms with van der Waals surface area (Å²) in [5.41, 5.74) is 0.537. The Morgan fingerprint density at radius 2 is 1.92 bits per heavy atom. The molecule has 8 nitrogen and oxygen atoms in total. The number of fused-ring (bicyclic) bond motifs is 1. The minimum absolute atomic E-state index is 0.106. The van der Waals surface area contributed by atoms with E-state index in [1.807, 2.05) is 6.07 Å². The molecule has 0 unspecified atom stereocenters. The number of carbonyl (C=O) groups excluding carboxylic acids is 1. The monoisotopic (exact) mass is 520 g/mol. The Morgan fingerprint density at radius 3 is 2.58 bits per heavy atom. The number of hydrogen-bond donors (Lipinski definition) is 1. The zero-order chi connectivity index (χ0) is 25.8. The number of carbonyl (C=O) groups is 1. The predicted molar refractivity (Wildman–Crippen MR) is 138 cm³/mol. The molecule has 0 spiro atoms. The predicted octanol–water partition coefficient (Wildman–Crippen LogP) is 5.66. The second-order valence-corrected chi connectivity index (χ2v) is 8.39. The maximum atomic E-state index is 13.4.